The van der Waals surface area contributed by atoms with Crippen LogP contribution in [0.15, 0.2) is 48.7 Å². The summed E-state index contributed by atoms with van der Waals surface area (Å²) in [5.41, 5.74) is 0.361. The third kappa shape index (κ3) is 5.55. The number of hydrogen-bond donors (Lipinski definition) is 1. The Bertz CT molecular complexity index is 694. The predicted molar refractivity (Wildman–Crippen MR) is 90.0 cm³/mol. The molecule has 2 rings (SSSR count). The average Bonchev–Trinajstić information content (AvgIpc) is 2.57. The van der Waals surface area contributed by atoms with E-state index in [2.05, 4.69) is 10.3 Å². The Morgan fingerprint density at radius 1 is 1.21 bits per heavy atom. The van der Waals surface area contributed by atoms with Crippen molar-refractivity contribution in [2.45, 2.75) is 19.4 Å². The summed E-state index contributed by atoms with van der Waals surface area (Å²) >= 11 is 5.86. The lowest BCUT2D eigenvalue weighted by Gasteiger charge is -2.14. The van der Waals surface area contributed by atoms with Crippen molar-refractivity contribution in [1.82, 2.24) is 4.98 Å². The Kier molecular flexibility index (Phi) is 6.57. The molecule has 0 aliphatic rings. The molecule has 1 aromatic carbocycles. The van der Waals surface area contributed by atoms with Crippen LogP contribution in [0.3, 0.4) is 0 Å². The van der Waals surface area contributed by atoms with Gasteiger partial charge in [0.15, 0.2) is 11.3 Å². The van der Waals surface area contributed by atoms with E-state index in [1.165, 1.54) is 13.1 Å². The van der Waals surface area contributed by atoms with Crippen molar-refractivity contribution in [3.8, 4) is 5.75 Å². The van der Waals surface area contributed by atoms with Gasteiger partial charge in [-0.15, -0.1) is 0 Å². The summed E-state index contributed by atoms with van der Waals surface area (Å²) in [7, 11) is 0. The number of rotatable bonds is 7. The minimum absolute atomic E-state index is 0.0418. The van der Waals surface area contributed by atoms with Crippen molar-refractivity contribution in [2.24, 2.45) is 0 Å². The molecule has 6 nitrogen and oxygen atoms in total. The number of pyridine rings is 1. The van der Waals surface area contributed by atoms with Gasteiger partial charge >= 0.3 is 5.97 Å². The molecule has 24 heavy (non-hydrogen) atoms. The molecule has 0 saturated carbocycles. The second-order valence-corrected chi connectivity index (χ2v) is 5.23. The first-order valence-corrected chi connectivity index (χ1v) is 7.73. The molecule has 0 radical (unpaired) electrons. The topological polar surface area (TPSA) is 77.5 Å². The van der Waals surface area contributed by atoms with Crippen LogP contribution in [-0.4, -0.2) is 29.6 Å². The zero-order valence-electron chi connectivity index (χ0n) is 13.1. The molecule has 2 aromatic rings. The zero-order valence-corrected chi connectivity index (χ0v) is 13.8. The molecule has 0 bridgehead atoms. The molecule has 7 heteroatoms. The fourth-order valence-corrected chi connectivity index (χ4v) is 1.96. The molecule has 0 spiro atoms. The van der Waals surface area contributed by atoms with Crippen LogP contribution in [0.2, 0.25) is 5.15 Å². The van der Waals surface area contributed by atoms with Gasteiger partial charge < -0.3 is 14.8 Å². The Morgan fingerprint density at radius 2 is 1.96 bits per heavy atom. The van der Waals surface area contributed by atoms with Gasteiger partial charge in [-0.3, -0.25) is 9.59 Å². The SMILES string of the molecule is CC(OC(=O)CCOc1ccccc1)C(=O)Nc1cccnc1Cl. The van der Waals surface area contributed by atoms with E-state index < -0.39 is 18.0 Å². The molecular formula is C17H17ClN2O4. The summed E-state index contributed by atoms with van der Waals surface area (Å²) in [6.45, 7) is 1.65. The summed E-state index contributed by atoms with van der Waals surface area (Å²) in [5, 5.41) is 2.72. The van der Waals surface area contributed by atoms with Gasteiger partial charge in [0.1, 0.15) is 5.75 Å². The van der Waals surface area contributed by atoms with E-state index in [1.54, 1.807) is 24.3 Å². The number of aromatic nitrogens is 1. The molecule has 0 saturated heterocycles. The minimum atomic E-state index is -0.953. The number of anilines is 1. The third-order valence-electron chi connectivity index (χ3n) is 3.01. The van der Waals surface area contributed by atoms with Crippen molar-refractivity contribution in [3.63, 3.8) is 0 Å². The highest BCUT2D eigenvalue weighted by atomic mass is 35.5. The quantitative estimate of drug-likeness (QED) is 0.614. The molecule has 0 aliphatic carbocycles. The highest BCUT2D eigenvalue weighted by Crippen LogP contribution is 2.17. The van der Waals surface area contributed by atoms with Crippen LogP contribution in [0.4, 0.5) is 5.69 Å². The maximum absolute atomic E-state index is 12.0. The maximum Gasteiger partial charge on any atom is 0.310 e. The lowest BCUT2D eigenvalue weighted by molar-refractivity contribution is -0.153. The molecular weight excluding hydrogens is 332 g/mol. The largest absolute Gasteiger partial charge is 0.493 e. The van der Waals surface area contributed by atoms with E-state index in [-0.39, 0.29) is 18.2 Å². The first kappa shape index (κ1) is 17.7. The van der Waals surface area contributed by atoms with Crippen LogP contribution in [0, 0.1) is 0 Å². The van der Waals surface area contributed by atoms with Crippen LogP contribution in [-0.2, 0) is 14.3 Å². The van der Waals surface area contributed by atoms with Crippen LogP contribution in [0.1, 0.15) is 13.3 Å². The third-order valence-corrected chi connectivity index (χ3v) is 3.31. The monoisotopic (exact) mass is 348 g/mol. The number of carbonyl (C=O) groups excluding carboxylic acids is 2. The molecule has 1 N–H and O–H groups in total. The zero-order chi connectivity index (χ0) is 17.4. The highest BCUT2D eigenvalue weighted by molar-refractivity contribution is 6.32. The highest BCUT2D eigenvalue weighted by Gasteiger charge is 2.18. The summed E-state index contributed by atoms with van der Waals surface area (Å²) in [5.74, 6) is -0.338. The first-order valence-electron chi connectivity index (χ1n) is 7.35. The van der Waals surface area contributed by atoms with Crippen LogP contribution < -0.4 is 10.1 Å². The molecule has 1 unspecified atom stereocenters. The normalized spacial score (nSPS) is 11.4. The van der Waals surface area contributed by atoms with Crippen molar-refractivity contribution >= 4 is 29.2 Å². The molecule has 126 valence electrons. The van der Waals surface area contributed by atoms with Gasteiger partial charge in [0, 0.05) is 6.20 Å². The summed E-state index contributed by atoms with van der Waals surface area (Å²) in [6.07, 6.45) is 0.597. The molecule has 0 aliphatic heterocycles. The average molecular weight is 349 g/mol. The summed E-state index contributed by atoms with van der Waals surface area (Å²) in [6, 6.07) is 12.4. The van der Waals surface area contributed by atoms with Gasteiger partial charge in [0.2, 0.25) is 0 Å². The Hall–Kier alpha value is -2.60. The lowest BCUT2D eigenvalue weighted by Crippen LogP contribution is -2.30. The van der Waals surface area contributed by atoms with E-state index in [0.29, 0.717) is 11.4 Å². The van der Waals surface area contributed by atoms with Gasteiger partial charge in [-0.2, -0.15) is 0 Å². The fourth-order valence-electron chi connectivity index (χ4n) is 1.79. The second kappa shape index (κ2) is 8.88. The molecule has 1 heterocycles. The van der Waals surface area contributed by atoms with Crippen molar-refractivity contribution in [2.75, 3.05) is 11.9 Å². The Balaban J connectivity index is 1.74. The van der Waals surface area contributed by atoms with Gasteiger partial charge in [0.05, 0.1) is 18.7 Å². The van der Waals surface area contributed by atoms with E-state index in [0.717, 1.165) is 0 Å². The molecule has 1 aromatic heterocycles. The Labute approximate surface area is 144 Å². The number of nitrogens with one attached hydrogen (secondary N) is 1. The van der Waals surface area contributed by atoms with Crippen LogP contribution >= 0.6 is 11.6 Å². The number of ether oxygens (including phenoxy) is 2. The predicted octanol–water partition coefficient (Wildman–Crippen LogP) is 3.07. The second-order valence-electron chi connectivity index (χ2n) is 4.87. The van der Waals surface area contributed by atoms with Gasteiger partial charge in [-0.1, -0.05) is 29.8 Å². The Morgan fingerprint density at radius 3 is 2.67 bits per heavy atom. The number of para-hydroxylation sites is 1. The number of nitrogens with zero attached hydrogens (tertiary/aromatic N) is 1. The van der Waals surface area contributed by atoms with E-state index >= 15 is 0 Å². The maximum atomic E-state index is 12.0. The smallest absolute Gasteiger partial charge is 0.310 e. The number of benzene rings is 1. The van der Waals surface area contributed by atoms with Crippen molar-refractivity contribution in [1.29, 1.82) is 0 Å². The van der Waals surface area contributed by atoms with E-state index in [9.17, 15) is 9.59 Å². The molecule has 1 atom stereocenters. The van der Waals surface area contributed by atoms with E-state index in [4.69, 9.17) is 21.1 Å². The van der Waals surface area contributed by atoms with E-state index in [1.807, 2.05) is 18.2 Å². The fraction of sp³-hybridized carbons (Fsp3) is 0.235. The number of amides is 1. The minimum Gasteiger partial charge on any atom is -0.493 e. The number of esters is 1. The standard InChI is InChI=1S/C17H17ClN2O4/c1-12(17(22)20-14-8-5-10-19-16(14)18)24-15(21)9-11-23-13-6-3-2-4-7-13/h2-8,10,12H,9,11H2,1H3,(H,20,22). The van der Waals surface area contributed by atoms with Crippen LogP contribution in [0.25, 0.3) is 0 Å². The van der Waals surface area contributed by atoms with Crippen LogP contribution in [0.5, 0.6) is 5.75 Å². The number of halogens is 1. The molecule has 1 amide bonds. The number of hydrogen-bond acceptors (Lipinski definition) is 5. The molecule has 0 fully saturated rings. The van der Waals surface area contributed by atoms with Crippen molar-refractivity contribution < 1.29 is 19.1 Å². The summed E-state index contributed by atoms with van der Waals surface area (Å²) < 4.78 is 10.5. The first-order chi connectivity index (χ1) is 11.6. The van der Waals surface area contributed by atoms with Gasteiger partial charge in [-0.25, -0.2) is 4.98 Å². The number of carbonyl (C=O) groups is 2. The summed E-state index contributed by atoms with van der Waals surface area (Å²) in [4.78, 5) is 27.6. The lowest BCUT2D eigenvalue weighted by atomic mass is 10.3. The van der Waals surface area contributed by atoms with Gasteiger partial charge in [0.25, 0.3) is 5.91 Å². The van der Waals surface area contributed by atoms with Gasteiger partial charge in [-0.05, 0) is 31.2 Å². The van der Waals surface area contributed by atoms with Crippen molar-refractivity contribution in [3.05, 3.63) is 53.8 Å².